The summed E-state index contributed by atoms with van der Waals surface area (Å²) in [4.78, 5) is 12.0. The normalized spacial score (nSPS) is 11.2. The highest BCUT2D eigenvalue weighted by atomic mass is 16.6. The summed E-state index contributed by atoms with van der Waals surface area (Å²) in [5.41, 5.74) is 4.54. The number of aromatic amines is 1. The molecule has 2 heterocycles. The fourth-order valence-corrected chi connectivity index (χ4v) is 2.45. The van der Waals surface area contributed by atoms with Gasteiger partial charge in [-0.3, -0.25) is 0 Å². The second kappa shape index (κ2) is 5.16. The quantitative estimate of drug-likeness (QED) is 0.579. The molecule has 2 aromatic carbocycles. The summed E-state index contributed by atoms with van der Waals surface area (Å²) in [6.45, 7) is 2.07. The largest absolute Gasteiger partial charge is 0.462 e. The van der Waals surface area contributed by atoms with Crippen LogP contribution < -0.4 is 0 Å². The lowest BCUT2D eigenvalue weighted by molar-refractivity contribution is 0.0526. The van der Waals surface area contributed by atoms with Gasteiger partial charge in [-0.15, -0.1) is 0 Å². The van der Waals surface area contributed by atoms with Gasteiger partial charge in [-0.05, 0) is 47.1 Å². The summed E-state index contributed by atoms with van der Waals surface area (Å²) in [5.74, 6) is -0.400. The van der Waals surface area contributed by atoms with Crippen molar-refractivity contribution in [3.63, 3.8) is 0 Å². The second-order valence-corrected chi connectivity index (χ2v) is 4.90. The molecule has 8 heteroatoms. The Balaban J connectivity index is 1.93. The van der Waals surface area contributed by atoms with E-state index in [1.54, 1.807) is 25.1 Å². The number of hydrogen-bond acceptors (Lipinski definition) is 7. The van der Waals surface area contributed by atoms with Crippen molar-refractivity contribution in [1.82, 2.24) is 25.7 Å². The van der Waals surface area contributed by atoms with Crippen molar-refractivity contribution in [3.05, 3.63) is 35.9 Å². The van der Waals surface area contributed by atoms with E-state index in [0.717, 1.165) is 11.1 Å². The number of fused-ring (bicyclic) bond motifs is 2. The lowest BCUT2D eigenvalue weighted by atomic mass is 10.0. The Labute approximate surface area is 129 Å². The minimum Gasteiger partial charge on any atom is -0.462 e. The van der Waals surface area contributed by atoms with Crippen molar-refractivity contribution in [2.45, 2.75) is 6.92 Å². The maximum Gasteiger partial charge on any atom is 0.338 e. The zero-order valence-electron chi connectivity index (χ0n) is 12.1. The molecule has 0 atom stereocenters. The van der Waals surface area contributed by atoms with Crippen LogP contribution in [-0.4, -0.2) is 38.3 Å². The van der Waals surface area contributed by atoms with E-state index in [1.807, 2.05) is 12.1 Å². The maximum atomic E-state index is 12.0. The third kappa shape index (κ3) is 2.20. The number of rotatable bonds is 3. The van der Waals surface area contributed by atoms with Gasteiger partial charge < -0.3 is 4.74 Å². The highest BCUT2D eigenvalue weighted by molar-refractivity contribution is 6.00. The summed E-state index contributed by atoms with van der Waals surface area (Å²) in [6, 6.07) is 8.87. The van der Waals surface area contributed by atoms with Crippen LogP contribution in [0.2, 0.25) is 0 Å². The van der Waals surface area contributed by atoms with Crippen LogP contribution in [0.1, 0.15) is 17.3 Å². The van der Waals surface area contributed by atoms with Crippen LogP contribution >= 0.6 is 0 Å². The lowest BCUT2D eigenvalue weighted by Crippen LogP contribution is -2.04. The van der Waals surface area contributed by atoms with Crippen molar-refractivity contribution >= 4 is 28.0 Å². The first-order chi connectivity index (χ1) is 11.3. The summed E-state index contributed by atoms with van der Waals surface area (Å²) < 4.78 is 9.78. The first-order valence-electron chi connectivity index (χ1n) is 7.00. The highest BCUT2D eigenvalue weighted by Crippen LogP contribution is 2.29. The molecular formula is C15H11N5O3. The van der Waals surface area contributed by atoms with Gasteiger partial charge in [0.25, 0.3) is 0 Å². The average molecular weight is 309 g/mol. The van der Waals surface area contributed by atoms with Crippen LogP contribution in [0.25, 0.3) is 33.2 Å². The molecule has 0 fully saturated rings. The molecular weight excluding hydrogens is 298 g/mol. The number of esters is 1. The predicted molar refractivity (Wildman–Crippen MR) is 80.6 cm³/mol. The number of benzene rings is 2. The Morgan fingerprint density at radius 3 is 2.87 bits per heavy atom. The van der Waals surface area contributed by atoms with Crippen LogP contribution in [-0.2, 0) is 4.74 Å². The van der Waals surface area contributed by atoms with Gasteiger partial charge in [-0.2, -0.15) is 15.4 Å². The van der Waals surface area contributed by atoms with Crippen molar-refractivity contribution in [1.29, 1.82) is 0 Å². The van der Waals surface area contributed by atoms with Gasteiger partial charge in [0.1, 0.15) is 22.1 Å². The van der Waals surface area contributed by atoms with E-state index >= 15 is 0 Å². The second-order valence-electron chi connectivity index (χ2n) is 4.90. The van der Waals surface area contributed by atoms with Crippen LogP contribution in [0.3, 0.4) is 0 Å². The van der Waals surface area contributed by atoms with E-state index in [4.69, 9.17) is 9.37 Å². The number of ether oxygens (including phenoxy) is 1. The molecule has 0 unspecified atom stereocenters. The van der Waals surface area contributed by atoms with Crippen LogP contribution in [0.4, 0.5) is 0 Å². The molecule has 1 N–H and O–H groups in total. The first-order valence-corrected chi connectivity index (χ1v) is 7.00. The van der Waals surface area contributed by atoms with E-state index in [-0.39, 0.29) is 0 Å². The minimum atomic E-state index is -0.400. The molecule has 0 aliphatic carbocycles. The third-order valence-corrected chi connectivity index (χ3v) is 3.50. The monoisotopic (exact) mass is 309 g/mol. The Hall–Kier alpha value is -3.29. The minimum absolute atomic E-state index is 0.307. The van der Waals surface area contributed by atoms with Gasteiger partial charge in [-0.25, -0.2) is 9.42 Å². The van der Waals surface area contributed by atoms with Gasteiger partial charge >= 0.3 is 5.97 Å². The fraction of sp³-hybridized carbons (Fsp3) is 0.133. The first kappa shape index (κ1) is 13.4. The van der Waals surface area contributed by atoms with E-state index in [2.05, 4.69) is 25.7 Å². The summed E-state index contributed by atoms with van der Waals surface area (Å²) in [5, 5.41) is 18.4. The zero-order valence-corrected chi connectivity index (χ0v) is 12.1. The Morgan fingerprint density at radius 1 is 1.13 bits per heavy atom. The number of H-pyrrole nitrogens is 1. The number of carbonyl (C=O) groups excluding carboxylic acids is 1. The van der Waals surface area contributed by atoms with Gasteiger partial charge in [0.2, 0.25) is 0 Å². The molecule has 0 saturated carbocycles. The third-order valence-electron chi connectivity index (χ3n) is 3.50. The van der Waals surface area contributed by atoms with E-state index in [0.29, 0.717) is 34.2 Å². The topological polar surface area (TPSA) is 107 Å². The standard InChI is InChI=1S/C15H11N5O3/c1-2-22-15(21)9-5-10(14-13(7-9)16-20-17-14)8-3-4-11-12(6-8)19-23-18-11/h3-7H,2H2,1H3,(H,16,17,20). The summed E-state index contributed by atoms with van der Waals surface area (Å²) in [7, 11) is 0. The van der Waals surface area contributed by atoms with E-state index in [1.165, 1.54) is 0 Å². The number of aromatic nitrogens is 5. The number of carbonyl (C=O) groups is 1. The maximum absolute atomic E-state index is 12.0. The molecule has 0 spiro atoms. The number of hydrogen-bond donors (Lipinski definition) is 1. The summed E-state index contributed by atoms with van der Waals surface area (Å²) >= 11 is 0. The van der Waals surface area contributed by atoms with E-state index in [9.17, 15) is 4.79 Å². The van der Waals surface area contributed by atoms with Gasteiger partial charge in [0.05, 0.1) is 12.2 Å². The number of nitrogens with one attached hydrogen (secondary N) is 1. The Morgan fingerprint density at radius 2 is 2.00 bits per heavy atom. The smallest absolute Gasteiger partial charge is 0.338 e. The van der Waals surface area contributed by atoms with Gasteiger partial charge in [-0.1, -0.05) is 6.07 Å². The molecule has 2 aromatic heterocycles. The molecule has 0 radical (unpaired) electrons. The summed E-state index contributed by atoms with van der Waals surface area (Å²) in [6.07, 6.45) is 0. The molecule has 0 aliphatic heterocycles. The highest BCUT2D eigenvalue weighted by Gasteiger charge is 2.15. The SMILES string of the molecule is CCOC(=O)c1cc(-c2ccc3nonc3c2)c2n[nH]nc2c1. The van der Waals surface area contributed by atoms with Crippen molar-refractivity contribution in [3.8, 4) is 11.1 Å². The van der Waals surface area contributed by atoms with Crippen LogP contribution in [0.5, 0.6) is 0 Å². The van der Waals surface area contributed by atoms with Gasteiger partial charge in [0.15, 0.2) is 0 Å². The zero-order chi connectivity index (χ0) is 15.8. The molecule has 23 heavy (non-hydrogen) atoms. The molecule has 0 amide bonds. The molecule has 8 nitrogen and oxygen atoms in total. The average Bonchev–Trinajstić information content (AvgIpc) is 3.22. The van der Waals surface area contributed by atoms with Gasteiger partial charge in [0, 0.05) is 5.56 Å². The lowest BCUT2D eigenvalue weighted by Gasteiger charge is -2.06. The molecule has 114 valence electrons. The predicted octanol–water partition coefficient (Wildman–Crippen LogP) is 2.34. The van der Waals surface area contributed by atoms with Crippen molar-refractivity contribution < 1.29 is 14.2 Å². The fourth-order valence-electron chi connectivity index (χ4n) is 2.45. The van der Waals surface area contributed by atoms with Crippen molar-refractivity contribution in [2.24, 2.45) is 0 Å². The van der Waals surface area contributed by atoms with Crippen LogP contribution in [0, 0.1) is 0 Å². The number of nitrogens with zero attached hydrogens (tertiary/aromatic N) is 4. The molecule has 0 saturated heterocycles. The molecule has 0 bridgehead atoms. The van der Waals surface area contributed by atoms with Crippen molar-refractivity contribution in [2.75, 3.05) is 6.61 Å². The van der Waals surface area contributed by atoms with Crippen LogP contribution in [0.15, 0.2) is 35.0 Å². The Kier molecular flexibility index (Phi) is 3.00. The van der Waals surface area contributed by atoms with E-state index < -0.39 is 5.97 Å². The molecule has 0 aliphatic rings. The molecule has 4 rings (SSSR count). The molecule has 4 aromatic rings. The Bertz CT molecular complexity index is 1020.